The highest BCUT2D eigenvalue weighted by molar-refractivity contribution is 5.72. The summed E-state index contributed by atoms with van der Waals surface area (Å²) in [6.07, 6.45) is 3.88. The van der Waals surface area contributed by atoms with Crippen LogP contribution in [0.3, 0.4) is 0 Å². The minimum absolute atomic E-state index is 0.0709. The molecule has 2 atom stereocenters. The fraction of sp³-hybridized carbons (Fsp3) is 0.938. The summed E-state index contributed by atoms with van der Waals surface area (Å²) in [4.78, 5) is 13.5. The first-order valence-electron chi connectivity index (χ1n) is 8.21. The van der Waals surface area contributed by atoms with Crippen molar-refractivity contribution < 1.29 is 4.79 Å². The van der Waals surface area contributed by atoms with E-state index < -0.39 is 0 Å². The third-order valence-corrected chi connectivity index (χ3v) is 3.93. The molecule has 2 unspecified atom stereocenters. The lowest BCUT2D eigenvalue weighted by molar-refractivity contribution is -0.119. The summed E-state index contributed by atoms with van der Waals surface area (Å²) in [5.41, 5.74) is 0. The molecular formula is C16H33N3O. The maximum atomic E-state index is 11.0. The van der Waals surface area contributed by atoms with Crippen LogP contribution in [0.15, 0.2) is 0 Å². The SMILES string of the molecule is CCCC1CC(NCC(C)C)CN(CCNC(C)=O)C1. The van der Waals surface area contributed by atoms with Gasteiger partial charge in [0.2, 0.25) is 5.91 Å². The lowest BCUT2D eigenvalue weighted by Crippen LogP contribution is -2.51. The van der Waals surface area contributed by atoms with E-state index in [0.717, 1.165) is 32.1 Å². The van der Waals surface area contributed by atoms with Gasteiger partial charge in [0, 0.05) is 39.1 Å². The smallest absolute Gasteiger partial charge is 0.216 e. The summed E-state index contributed by atoms with van der Waals surface area (Å²) in [5.74, 6) is 1.58. The highest BCUT2D eigenvalue weighted by Gasteiger charge is 2.26. The van der Waals surface area contributed by atoms with Crippen LogP contribution >= 0.6 is 0 Å². The van der Waals surface area contributed by atoms with Gasteiger partial charge in [0.15, 0.2) is 0 Å². The molecule has 1 aliphatic rings. The molecule has 0 aromatic rings. The standard InChI is InChI=1S/C16H33N3O/c1-5-6-15-9-16(18-10-13(2)3)12-19(11-15)8-7-17-14(4)20/h13,15-16,18H,5-12H2,1-4H3,(H,17,20). The predicted molar refractivity (Wildman–Crippen MR) is 84.8 cm³/mol. The van der Waals surface area contributed by atoms with Crippen molar-refractivity contribution >= 4 is 5.91 Å². The first-order chi connectivity index (χ1) is 9.51. The predicted octanol–water partition coefficient (Wildman–Crippen LogP) is 1.86. The summed E-state index contributed by atoms with van der Waals surface area (Å²) in [5, 5.41) is 6.61. The average Bonchev–Trinajstić information content (AvgIpc) is 2.36. The molecule has 1 fully saturated rings. The van der Waals surface area contributed by atoms with Crippen LogP contribution in [0.4, 0.5) is 0 Å². The Morgan fingerprint density at radius 2 is 2.10 bits per heavy atom. The van der Waals surface area contributed by atoms with Gasteiger partial charge in [-0.05, 0) is 31.2 Å². The second-order valence-electron chi connectivity index (χ2n) is 6.63. The van der Waals surface area contributed by atoms with Gasteiger partial charge >= 0.3 is 0 Å². The average molecular weight is 283 g/mol. The largest absolute Gasteiger partial charge is 0.355 e. The van der Waals surface area contributed by atoms with E-state index in [2.05, 4.69) is 36.3 Å². The van der Waals surface area contributed by atoms with E-state index >= 15 is 0 Å². The molecule has 0 spiro atoms. The minimum Gasteiger partial charge on any atom is -0.355 e. The zero-order valence-electron chi connectivity index (χ0n) is 13.7. The lowest BCUT2D eigenvalue weighted by Gasteiger charge is -2.38. The molecule has 0 aliphatic carbocycles. The van der Waals surface area contributed by atoms with E-state index in [-0.39, 0.29) is 5.91 Å². The van der Waals surface area contributed by atoms with Gasteiger partial charge in [-0.15, -0.1) is 0 Å². The molecule has 1 aliphatic heterocycles. The molecule has 1 heterocycles. The second-order valence-corrected chi connectivity index (χ2v) is 6.63. The topological polar surface area (TPSA) is 44.4 Å². The van der Waals surface area contributed by atoms with Gasteiger partial charge < -0.3 is 10.6 Å². The molecule has 1 rings (SSSR count). The van der Waals surface area contributed by atoms with Crippen molar-refractivity contribution in [2.45, 2.75) is 53.0 Å². The maximum Gasteiger partial charge on any atom is 0.216 e. The van der Waals surface area contributed by atoms with Crippen molar-refractivity contribution in [1.29, 1.82) is 0 Å². The van der Waals surface area contributed by atoms with Gasteiger partial charge in [0.1, 0.15) is 0 Å². The molecular weight excluding hydrogens is 250 g/mol. The van der Waals surface area contributed by atoms with Gasteiger partial charge in [0.25, 0.3) is 0 Å². The van der Waals surface area contributed by atoms with Crippen molar-refractivity contribution in [2.24, 2.45) is 11.8 Å². The van der Waals surface area contributed by atoms with Crippen molar-refractivity contribution in [2.75, 3.05) is 32.7 Å². The summed E-state index contributed by atoms with van der Waals surface area (Å²) in [6, 6.07) is 0.611. The number of carbonyl (C=O) groups excluding carboxylic acids is 1. The quantitative estimate of drug-likeness (QED) is 0.714. The van der Waals surface area contributed by atoms with Gasteiger partial charge in [-0.3, -0.25) is 9.69 Å². The van der Waals surface area contributed by atoms with Crippen molar-refractivity contribution in [1.82, 2.24) is 15.5 Å². The normalized spacial score (nSPS) is 24.1. The number of piperidine rings is 1. The van der Waals surface area contributed by atoms with Crippen LogP contribution in [0.5, 0.6) is 0 Å². The van der Waals surface area contributed by atoms with Crippen LogP contribution in [0, 0.1) is 11.8 Å². The number of hydrogen-bond acceptors (Lipinski definition) is 3. The molecule has 4 heteroatoms. The van der Waals surface area contributed by atoms with Crippen LogP contribution < -0.4 is 10.6 Å². The maximum absolute atomic E-state index is 11.0. The Morgan fingerprint density at radius 1 is 1.35 bits per heavy atom. The van der Waals surface area contributed by atoms with E-state index in [1.54, 1.807) is 6.92 Å². The summed E-state index contributed by atoms with van der Waals surface area (Å²) >= 11 is 0. The third kappa shape index (κ3) is 7.25. The molecule has 0 radical (unpaired) electrons. The van der Waals surface area contributed by atoms with Gasteiger partial charge in [-0.2, -0.15) is 0 Å². The monoisotopic (exact) mass is 283 g/mol. The molecule has 0 saturated carbocycles. The fourth-order valence-electron chi connectivity index (χ4n) is 3.04. The Hall–Kier alpha value is -0.610. The van der Waals surface area contributed by atoms with E-state index in [1.165, 1.54) is 25.8 Å². The number of hydrogen-bond donors (Lipinski definition) is 2. The van der Waals surface area contributed by atoms with E-state index in [1.807, 2.05) is 0 Å². The van der Waals surface area contributed by atoms with Crippen molar-refractivity contribution in [3.8, 4) is 0 Å². The molecule has 0 aromatic heterocycles. The Balaban J connectivity index is 2.40. The molecule has 2 N–H and O–H groups in total. The molecule has 4 nitrogen and oxygen atoms in total. The van der Waals surface area contributed by atoms with Crippen LogP contribution in [-0.4, -0.2) is 49.6 Å². The summed E-state index contributed by atoms with van der Waals surface area (Å²) in [7, 11) is 0. The highest BCUT2D eigenvalue weighted by atomic mass is 16.1. The van der Waals surface area contributed by atoms with Crippen LogP contribution in [0.1, 0.15) is 47.0 Å². The molecule has 0 aromatic carbocycles. The molecule has 0 bridgehead atoms. The Labute approximate surface area is 124 Å². The molecule has 1 amide bonds. The van der Waals surface area contributed by atoms with Crippen LogP contribution in [0.2, 0.25) is 0 Å². The minimum atomic E-state index is 0.0709. The van der Waals surface area contributed by atoms with Crippen LogP contribution in [-0.2, 0) is 4.79 Å². The molecule has 20 heavy (non-hydrogen) atoms. The number of likely N-dealkylation sites (tertiary alicyclic amines) is 1. The Kier molecular flexibility index (Phi) is 8.15. The molecule has 118 valence electrons. The zero-order chi connectivity index (χ0) is 15.0. The Bertz CT molecular complexity index is 281. The number of nitrogens with zero attached hydrogens (tertiary/aromatic N) is 1. The van der Waals surface area contributed by atoms with Crippen LogP contribution in [0.25, 0.3) is 0 Å². The highest BCUT2D eigenvalue weighted by Crippen LogP contribution is 2.21. The van der Waals surface area contributed by atoms with Gasteiger partial charge in [-0.25, -0.2) is 0 Å². The number of rotatable bonds is 8. The first-order valence-corrected chi connectivity index (χ1v) is 8.21. The summed E-state index contributed by atoms with van der Waals surface area (Å²) < 4.78 is 0. The summed E-state index contributed by atoms with van der Waals surface area (Å²) in [6.45, 7) is 13.5. The second kappa shape index (κ2) is 9.35. The van der Waals surface area contributed by atoms with Crippen molar-refractivity contribution in [3.63, 3.8) is 0 Å². The Morgan fingerprint density at radius 3 is 2.70 bits per heavy atom. The molecule has 1 saturated heterocycles. The number of carbonyl (C=O) groups is 1. The fourth-order valence-corrected chi connectivity index (χ4v) is 3.04. The number of nitrogens with one attached hydrogen (secondary N) is 2. The van der Waals surface area contributed by atoms with E-state index in [4.69, 9.17) is 0 Å². The number of amides is 1. The first kappa shape index (κ1) is 17.4. The van der Waals surface area contributed by atoms with E-state index in [9.17, 15) is 4.79 Å². The van der Waals surface area contributed by atoms with Gasteiger partial charge in [0.05, 0.1) is 0 Å². The lowest BCUT2D eigenvalue weighted by atomic mass is 9.90. The van der Waals surface area contributed by atoms with Gasteiger partial charge in [-0.1, -0.05) is 27.2 Å². The third-order valence-electron chi connectivity index (χ3n) is 3.93. The van der Waals surface area contributed by atoms with Crippen molar-refractivity contribution in [3.05, 3.63) is 0 Å². The van der Waals surface area contributed by atoms with E-state index in [0.29, 0.717) is 12.0 Å². The zero-order valence-corrected chi connectivity index (χ0v) is 13.7.